The summed E-state index contributed by atoms with van der Waals surface area (Å²) >= 11 is 0. The molecule has 1 aliphatic heterocycles. The Kier molecular flexibility index (Phi) is 8.45. The van der Waals surface area contributed by atoms with Gasteiger partial charge in [-0.1, -0.05) is 54.6 Å². The van der Waals surface area contributed by atoms with E-state index in [1.807, 2.05) is 30.3 Å². The number of likely N-dealkylation sites (tertiary alicyclic amines) is 1. The summed E-state index contributed by atoms with van der Waals surface area (Å²) in [5.41, 5.74) is 3.73. The summed E-state index contributed by atoms with van der Waals surface area (Å²) in [6, 6.07) is 18.6. The first-order chi connectivity index (χ1) is 14.6. The first-order valence-corrected chi connectivity index (χ1v) is 11.0. The summed E-state index contributed by atoms with van der Waals surface area (Å²) in [7, 11) is 0. The second kappa shape index (κ2) is 11.5. The van der Waals surface area contributed by atoms with Crippen LogP contribution in [0.3, 0.4) is 0 Å². The molecule has 0 aromatic heterocycles. The number of hydrogen-bond donors (Lipinski definition) is 2. The Balaban J connectivity index is 1.29. The minimum Gasteiger partial charge on any atom is -0.355 e. The maximum Gasteiger partial charge on any atom is 0.234 e. The van der Waals surface area contributed by atoms with Crippen LogP contribution >= 0.6 is 0 Å². The number of piperidine rings is 1. The molecular weight excluding hydrogens is 374 g/mol. The van der Waals surface area contributed by atoms with E-state index in [1.165, 1.54) is 16.7 Å². The number of aryl methyl sites for hydroxylation is 2. The van der Waals surface area contributed by atoms with E-state index < -0.39 is 0 Å². The number of benzene rings is 2. The van der Waals surface area contributed by atoms with Gasteiger partial charge in [-0.3, -0.25) is 14.5 Å². The van der Waals surface area contributed by atoms with E-state index in [0.29, 0.717) is 19.5 Å². The topological polar surface area (TPSA) is 61.4 Å². The molecule has 5 nitrogen and oxygen atoms in total. The Morgan fingerprint density at radius 1 is 0.933 bits per heavy atom. The third kappa shape index (κ3) is 7.30. The molecule has 0 bridgehead atoms. The van der Waals surface area contributed by atoms with E-state index >= 15 is 0 Å². The fraction of sp³-hybridized carbons (Fsp3) is 0.440. The van der Waals surface area contributed by atoms with Crippen molar-refractivity contribution in [2.24, 2.45) is 0 Å². The minimum atomic E-state index is 0.0777. The highest BCUT2D eigenvalue weighted by Crippen LogP contribution is 2.11. The quantitative estimate of drug-likeness (QED) is 0.672. The van der Waals surface area contributed by atoms with E-state index in [9.17, 15) is 9.59 Å². The molecule has 0 unspecified atom stereocenters. The predicted octanol–water partition coefficient (Wildman–Crippen LogP) is 2.87. The van der Waals surface area contributed by atoms with Gasteiger partial charge in [0.05, 0.1) is 6.54 Å². The average Bonchev–Trinajstić information content (AvgIpc) is 2.76. The van der Waals surface area contributed by atoms with Gasteiger partial charge in [-0.2, -0.15) is 0 Å². The molecule has 0 spiro atoms. The number of rotatable bonds is 9. The molecule has 1 heterocycles. The summed E-state index contributed by atoms with van der Waals surface area (Å²) in [6.07, 6.45) is 3.94. The van der Waals surface area contributed by atoms with Gasteiger partial charge >= 0.3 is 0 Å². The Morgan fingerprint density at radius 2 is 1.63 bits per heavy atom. The van der Waals surface area contributed by atoms with Crippen LogP contribution in [0.2, 0.25) is 0 Å². The van der Waals surface area contributed by atoms with Crippen molar-refractivity contribution in [3.05, 3.63) is 71.3 Å². The lowest BCUT2D eigenvalue weighted by Gasteiger charge is -2.31. The van der Waals surface area contributed by atoms with Gasteiger partial charge in [-0.15, -0.1) is 0 Å². The monoisotopic (exact) mass is 407 g/mol. The van der Waals surface area contributed by atoms with Crippen LogP contribution in [-0.2, 0) is 22.4 Å². The Bertz CT molecular complexity index is 814. The third-order valence-electron chi connectivity index (χ3n) is 5.78. The molecule has 0 aliphatic carbocycles. The normalized spacial score (nSPS) is 15.0. The van der Waals surface area contributed by atoms with Crippen molar-refractivity contribution in [3.8, 4) is 0 Å². The van der Waals surface area contributed by atoms with E-state index in [0.717, 1.165) is 38.8 Å². The van der Waals surface area contributed by atoms with Crippen molar-refractivity contribution in [3.63, 3.8) is 0 Å². The number of carbonyl (C=O) groups excluding carboxylic acids is 2. The molecule has 2 aromatic rings. The molecule has 1 fully saturated rings. The van der Waals surface area contributed by atoms with Crippen molar-refractivity contribution >= 4 is 11.8 Å². The van der Waals surface area contributed by atoms with Crippen LogP contribution < -0.4 is 10.6 Å². The Hall–Kier alpha value is -2.66. The Labute approximate surface area is 179 Å². The zero-order chi connectivity index (χ0) is 21.2. The highest BCUT2D eigenvalue weighted by atomic mass is 16.2. The molecule has 3 rings (SSSR count). The van der Waals surface area contributed by atoms with Crippen molar-refractivity contribution in [2.45, 2.75) is 45.1 Å². The number of amides is 2. The smallest absolute Gasteiger partial charge is 0.234 e. The largest absolute Gasteiger partial charge is 0.355 e. The highest BCUT2D eigenvalue weighted by molar-refractivity contribution is 5.78. The molecule has 2 amide bonds. The summed E-state index contributed by atoms with van der Waals surface area (Å²) in [4.78, 5) is 26.6. The van der Waals surface area contributed by atoms with Crippen LogP contribution in [0.25, 0.3) is 0 Å². The maximum absolute atomic E-state index is 12.2. The van der Waals surface area contributed by atoms with Crippen LogP contribution in [0.15, 0.2) is 54.6 Å². The summed E-state index contributed by atoms with van der Waals surface area (Å²) in [6.45, 7) is 4.88. The zero-order valence-electron chi connectivity index (χ0n) is 17.9. The maximum atomic E-state index is 12.2. The van der Waals surface area contributed by atoms with Gasteiger partial charge in [0, 0.05) is 32.1 Å². The highest BCUT2D eigenvalue weighted by Gasteiger charge is 2.21. The number of hydrogen-bond acceptors (Lipinski definition) is 3. The third-order valence-corrected chi connectivity index (χ3v) is 5.78. The van der Waals surface area contributed by atoms with E-state index in [1.54, 1.807) is 0 Å². The summed E-state index contributed by atoms with van der Waals surface area (Å²) in [5, 5.41) is 6.19. The van der Waals surface area contributed by atoms with Crippen LogP contribution in [0.4, 0.5) is 0 Å². The van der Waals surface area contributed by atoms with Gasteiger partial charge in [0.15, 0.2) is 0 Å². The van der Waals surface area contributed by atoms with Crippen LogP contribution in [0.5, 0.6) is 0 Å². The molecule has 1 saturated heterocycles. The van der Waals surface area contributed by atoms with Crippen LogP contribution in [0, 0.1) is 6.92 Å². The molecule has 0 saturated carbocycles. The number of carbonyl (C=O) groups is 2. The van der Waals surface area contributed by atoms with Gasteiger partial charge in [0.25, 0.3) is 0 Å². The van der Waals surface area contributed by atoms with Crippen LogP contribution in [-0.4, -0.2) is 48.9 Å². The van der Waals surface area contributed by atoms with Crippen LogP contribution in [0.1, 0.15) is 36.0 Å². The van der Waals surface area contributed by atoms with Gasteiger partial charge < -0.3 is 10.6 Å². The molecule has 5 heteroatoms. The molecule has 2 aromatic carbocycles. The summed E-state index contributed by atoms with van der Waals surface area (Å²) < 4.78 is 0. The van der Waals surface area contributed by atoms with Gasteiger partial charge in [0.1, 0.15) is 0 Å². The lowest BCUT2D eigenvalue weighted by atomic mass is 10.0. The van der Waals surface area contributed by atoms with E-state index in [-0.39, 0.29) is 17.9 Å². The fourth-order valence-corrected chi connectivity index (χ4v) is 3.92. The van der Waals surface area contributed by atoms with E-state index in [2.05, 4.69) is 46.7 Å². The molecule has 1 aliphatic rings. The van der Waals surface area contributed by atoms with Gasteiger partial charge in [0.2, 0.25) is 11.8 Å². The molecule has 2 N–H and O–H groups in total. The molecule has 160 valence electrons. The number of nitrogens with one attached hydrogen (secondary N) is 2. The molecule has 30 heavy (non-hydrogen) atoms. The van der Waals surface area contributed by atoms with Crippen molar-refractivity contribution in [1.29, 1.82) is 0 Å². The van der Waals surface area contributed by atoms with E-state index in [4.69, 9.17) is 0 Å². The minimum absolute atomic E-state index is 0.0777. The number of nitrogens with zero attached hydrogens (tertiary/aromatic N) is 1. The second-order valence-electron chi connectivity index (χ2n) is 8.13. The Morgan fingerprint density at radius 3 is 2.37 bits per heavy atom. The fourth-order valence-electron chi connectivity index (χ4n) is 3.92. The average molecular weight is 408 g/mol. The van der Waals surface area contributed by atoms with Crippen molar-refractivity contribution in [2.75, 3.05) is 26.2 Å². The molecule has 0 atom stereocenters. The lowest BCUT2D eigenvalue weighted by Crippen LogP contribution is -2.47. The second-order valence-corrected chi connectivity index (χ2v) is 8.13. The van der Waals surface area contributed by atoms with Gasteiger partial charge in [-0.25, -0.2) is 0 Å². The van der Waals surface area contributed by atoms with Crippen molar-refractivity contribution < 1.29 is 9.59 Å². The summed E-state index contributed by atoms with van der Waals surface area (Å²) in [5.74, 6) is 0.195. The van der Waals surface area contributed by atoms with Gasteiger partial charge in [-0.05, 0) is 49.3 Å². The first-order valence-electron chi connectivity index (χ1n) is 11.0. The lowest BCUT2D eigenvalue weighted by molar-refractivity contribution is -0.124. The standard InChI is InChI=1S/C25H33N3O2/c1-20-7-5-6-10-22(20)13-16-26-25(30)19-28-17-14-23(15-18-28)27-24(29)12-11-21-8-3-2-4-9-21/h2-10,23H,11-19H2,1H3,(H,26,30)(H,27,29). The van der Waals surface area contributed by atoms with Crippen molar-refractivity contribution in [1.82, 2.24) is 15.5 Å². The first kappa shape index (κ1) is 22.0. The predicted molar refractivity (Wildman–Crippen MR) is 120 cm³/mol. The zero-order valence-corrected chi connectivity index (χ0v) is 17.9. The molecular formula is C25H33N3O2. The molecule has 0 radical (unpaired) electrons. The SMILES string of the molecule is Cc1ccccc1CCNC(=O)CN1CCC(NC(=O)CCc2ccccc2)CC1.